The maximum absolute atomic E-state index is 11.7. The van der Waals surface area contributed by atoms with Crippen LogP contribution < -0.4 is 5.73 Å². The van der Waals surface area contributed by atoms with E-state index < -0.39 is 18.6 Å². The van der Waals surface area contributed by atoms with Gasteiger partial charge in [0.2, 0.25) is 0 Å². The second-order valence-electron chi connectivity index (χ2n) is 2.69. The average Bonchev–Trinajstić information content (AvgIpc) is 2.31. The van der Waals surface area contributed by atoms with Crippen LogP contribution in [0.5, 0.6) is 0 Å². The van der Waals surface area contributed by atoms with E-state index in [0.717, 1.165) is 4.90 Å². The number of nitrogens with two attached hydrogens (primary N) is 1. The molecule has 1 aliphatic heterocycles. The third kappa shape index (κ3) is 2.76. The van der Waals surface area contributed by atoms with Gasteiger partial charge in [0, 0.05) is 6.54 Å². The van der Waals surface area contributed by atoms with Crippen molar-refractivity contribution in [3.63, 3.8) is 0 Å². The largest absolute Gasteiger partial charge is 0.524 e. The van der Waals surface area contributed by atoms with Gasteiger partial charge in [-0.05, 0) is 12.8 Å². The summed E-state index contributed by atoms with van der Waals surface area (Å²) in [5, 5.41) is 0. The quantitative estimate of drug-likeness (QED) is 0.683. The molecule has 1 saturated heterocycles. The minimum atomic E-state index is -4.72. The monoisotopic (exact) mass is 198 g/mol. The summed E-state index contributed by atoms with van der Waals surface area (Å²) in [5.74, 6) is 0. The summed E-state index contributed by atoms with van der Waals surface area (Å²) in [5.41, 5.74) is 4.85. The topological polar surface area (TPSA) is 55.6 Å². The van der Waals surface area contributed by atoms with Gasteiger partial charge >= 0.3 is 12.4 Å². The van der Waals surface area contributed by atoms with Crippen molar-refractivity contribution < 1.29 is 22.7 Å². The second-order valence-corrected chi connectivity index (χ2v) is 2.69. The molecule has 1 atom stereocenters. The number of carbonyl (C=O) groups is 1. The van der Waals surface area contributed by atoms with E-state index in [-0.39, 0.29) is 13.0 Å². The fourth-order valence-electron chi connectivity index (χ4n) is 1.26. The summed E-state index contributed by atoms with van der Waals surface area (Å²) in [4.78, 5) is 11.5. The maximum Gasteiger partial charge on any atom is 0.524 e. The second kappa shape index (κ2) is 3.41. The number of primary amides is 1. The first-order valence-electron chi connectivity index (χ1n) is 3.71. The van der Waals surface area contributed by atoms with E-state index in [1.165, 1.54) is 0 Å². The Morgan fingerprint density at radius 3 is 2.62 bits per heavy atom. The highest BCUT2D eigenvalue weighted by atomic mass is 19.4. The van der Waals surface area contributed by atoms with Crippen molar-refractivity contribution in [2.75, 3.05) is 6.54 Å². The van der Waals surface area contributed by atoms with Crippen molar-refractivity contribution in [3.8, 4) is 0 Å². The number of amides is 2. The first kappa shape index (κ1) is 10.1. The lowest BCUT2D eigenvalue weighted by molar-refractivity contribution is -0.353. The highest BCUT2D eigenvalue weighted by molar-refractivity contribution is 5.72. The van der Waals surface area contributed by atoms with E-state index in [2.05, 4.69) is 4.74 Å². The number of ether oxygens (including phenoxy) is 1. The maximum atomic E-state index is 11.7. The third-order valence-corrected chi connectivity index (χ3v) is 1.75. The summed E-state index contributed by atoms with van der Waals surface area (Å²) in [7, 11) is 0. The number of likely N-dealkylation sites (tertiary alicyclic amines) is 1. The predicted molar refractivity (Wildman–Crippen MR) is 36.5 cm³/mol. The molecule has 2 amide bonds. The molecule has 0 radical (unpaired) electrons. The fraction of sp³-hybridized carbons (Fsp3) is 0.833. The van der Waals surface area contributed by atoms with Crippen molar-refractivity contribution in [1.29, 1.82) is 0 Å². The fourth-order valence-corrected chi connectivity index (χ4v) is 1.26. The number of alkyl halides is 3. The molecule has 13 heavy (non-hydrogen) atoms. The minimum absolute atomic E-state index is 0.169. The highest BCUT2D eigenvalue weighted by Crippen LogP contribution is 2.26. The zero-order chi connectivity index (χ0) is 10.1. The number of nitrogens with zero attached hydrogens (tertiary/aromatic N) is 1. The van der Waals surface area contributed by atoms with Crippen LogP contribution in [0.4, 0.5) is 18.0 Å². The Bertz CT molecular complexity index is 207. The van der Waals surface area contributed by atoms with E-state index in [0.29, 0.717) is 6.42 Å². The van der Waals surface area contributed by atoms with Crippen LogP contribution >= 0.6 is 0 Å². The molecule has 1 rings (SSSR count). The van der Waals surface area contributed by atoms with Crippen LogP contribution in [-0.4, -0.2) is 30.1 Å². The van der Waals surface area contributed by atoms with Crippen LogP contribution in [-0.2, 0) is 4.74 Å². The molecule has 1 heterocycles. The molecular formula is C6H9F3N2O2. The van der Waals surface area contributed by atoms with Crippen molar-refractivity contribution in [1.82, 2.24) is 4.90 Å². The Morgan fingerprint density at radius 1 is 1.54 bits per heavy atom. The SMILES string of the molecule is NC(=O)N1CCCC1OC(F)(F)F. The minimum Gasteiger partial charge on any atom is -0.351 e. The van der Waals surface area contributed by atoms with Crippen molar-refractivity contribution in [2.45, 2.75) is 25.4 Å². The van der Waals surface area contributed by atoms with E-state index in [1.54, 1.807) is 0 Å². The predicted octanol–water partition coefficient (Wildman–Crippen LogP) is 1.02. The number of carbonyl (C=O) groups excluding carboxylic acids is 1. The Balaban J connectivity index is 2.54. The molecule has 1 fully saturated rings. The lowest BCUT2D eigenvalue weighted by Crippen LogP contribution is -2.42. The van der Waals surface area contributed by atoms with E-state index >= 15 is 0 Å². The summed E-state index contributed by atoms with van der Waals surface area (Å²) < 4.78 is 38.9. The Hall–Kier alpha value is -0.980. The molecule has 1 aliphatic rings. The average molecular weight is 198 g/mol. The number of urea groups is 1. The number of halogens is 3. The summed E-state index contributed by atoms with van der Waals surface area (Å²) in [6.45, 7) is 0.218. The van der Waals surface area contributed by atoms with Crippen LogP contribution in [0.2, 0.25) is 0 Å². The molecule has 0 aromatic carbocycles. The molecule has 76 valence electrons. The normalized spacial score (nSPS) is 23.6. The molecule has 0 spiro atoms. The molecule has 0 aliphatic carbocycles. The number of hydrogen-bond donors (Lipinski definition) is 1. The van der Waals surface area contributed by atoms with Crippen LogP contribution in [0.25, 0.3) is 0 Å². The van der Waals surface area contributed by atoms with E-state index in [1.807, 2.05) is 0 Å². The first-order chi connectivity index (χ1) is 5.90. The van der Waals surface area contributed by atoms with Gasteiger partial charge in [-0.15, -0.1) is 13.2 Å². The lowest BCUT2D eigenvalue weighted by atomic mass is 10.4. The standard InChI is InChI=1S/C6H9F3N2O2/c7-6(8,9)13-4-2-1-3-11(4)5(10)12/h4H,1-3H2,(H2,10,12). The summed E-state index contributed by atoms with van der Waals surface area (Å²) >= 11 is 0. The number of rotatable bonds is 1. The molecule has 0 saturated carbocycles. The van der Waals surface area contributed by atoms with Gasteiger partial charge in [0.15, 0.2) is 0 Å². The first-order valence-corrected chi connectivity index (χ1v) is 3.71. The zero-order valence-electron chi connectivity index (χ0n) is 6.67. The van der Waals surface area contributed by atoms with Gasteiger partial charge < -0.3 is 5.73 Å². The highest BCUT2D eigenvalue weighted by Gasteiger charge is 2.39. The van der Waals surface area contributed by atoms with Gasteiger partial charge in [-0.3, -0.25) is 9.64 Å². The van der Waals surface area contributed by atoms with Gasteiger partial charge in [-0.1, -0.05) is 0 Å². The van der Waals surface area contributed by atoms with E-state index in [4.69, 9.17) is 5.73 Å². The molecule has 0 aromatic rings. The Kier molecular flexibility index (Phi) is 2.65. The van der Waals surface area contributed by atoms with Crippen LogP contribution in [0, 0.1) is 0 Å². The van der Waals surface area contributed by atoms with Crippen molar-refractivity contribution in [2.24, 2.45) is 5.73 Å². The summed E-state index contributed by atoms with van der Waals surface area (Å²) in [6, 6.07) is -0.883. The zero-order valence-corrected chi connectivity index (χ0v) is 6.67. The molecule has 0 aromatic heterocycles. The summed E-state index contributed by atoms with van der Waals surface area (Å²) in [6.07, 6.45) is -5.33. The molecule has 0 bridgehead atoms. The molecule has 1 unspecified atom stereocenters. The Morgan fingerprint density at radius 2 is 2.15 bits per heavy atom. The van der Waals surface area contributed by atoms with Crippen molar-refractivity contribution >= 4 is 6.03 Å². The molecule has 4 nitrogen and oxygen atoms in total. The van der Waals surface area contributed by atoms with E-state index in [9.17, 15) is 18.0 Å². The van der Waals surface area contributed by atoms with Gasteiger partial charge in [0.25, 0.3) is 0 Å². The molecular weight excluding hydrogens is 189 g/mol. The van der Waals surface area contributed by atoms with Gasteiger partial charge in [-0.2, -0.15) is 0 Å². The van der Waals surface area contributed by atoms with Gasteiger partial charge in [0.1, 0.15) is 6.23 Å². The molecule has 2 N–H and O–H groups in total. The van der Waals surface area contributed by atoms with Crippen molar-refractivity contribution in [3.05, 3.63) is 0 Å². The van der Waals surface area contributed by atoms with Gasteiger partial charge in [0.05, 0.1) is 0 Å². The molecule has 7 heteroatoms. The van der Waals surface area contributed by atoms with Gasteiger partial charge in [-0.25, -0.2) is 4.79 Å². The lowest BCUT2D eigenvalue weighted by Gasteiger charge is -2.23. The van der Waals surface area contributed by atoms with Crippen LogP contribution in [0.15, 0.2) is 0 Å². The van der Waals surface area contributed by atoms with Crippen LogP contribution in [0.3, 0.4) is 0 Å². The smallest absolute Gasteiger partial charge is 0.351 e. The number of hydrogen-bond acceptors (Lipinski definition) is 2. The van der Waals surface area contributed by atoms with Crippen LogP contribution in [0.1, 0.15) is 12.8 Å². The Labute approximate surface area is 72.4 Å². The third-order valence-electron chi connectivity index (χ3n) is 1.75.